The highest BCUT2D eigenvalue weighted by Gasteiger charge is 2.13. The molecule has 25 heavy (non-hydrogen) atoms. The molecule has 0 atom stereocenters. The van der Waals surface area contributed by atoms with Crippen LogP contribution in [0.4, 0.5) is 8.78 Å². The van der Waals surface area contributed by atoms with E-state index in [0.29, 0.717) is 16.7 Å². The van der Waals surface area contributed by atoms with Crippen molar-refractivity contribution >= 4 is 33.8 Å². The average Bonchev–Trinajstić information content (AvgIpc) is 2.58. The fourth-order valence-corrected chi connectivity index (χ4v) is 3.12. The van der Waals surface area contributed by atoms with Crippen LogP contribution in [0.5, 0.6) is 0 Å². The summed E-state index contributed by atoms with van der Waals surface area (Å²) in [6.07, 6.45) is 1.11. The Hall–Kier alpha value is -2.18. The maximum Gasteiger partial charge on any atom is 0.219 e. The van der Waals surface area contributed by atoms with Gasteiger partial charge in [-0.05, 0) is 77.5 Å². The van der Waals surface area contributed by atoms with Gasteiger partial charge in [0.1, 0.15) is 11.6 Å². The second kappa shape index (κ2) is 8.27. The van der Waals surface area contributed by atoms with Gasteiger partial charge in [0.2, 0.25) is 10.2 Å². The zero-order valence-corrected chi connectivity index (χ0v) is 15.0. The highest BCUT2D eigenvalue weighted by molar-refractivity contribution is 8.14. The molecule has 2 aromatic rings. The first kappa shape index (κ1) is 19.1. The van der Waals surface area contributed by atoms with Gasteiger partial charge in [-0.1, -0.05) is 25.3 Å². The summed E-state index contributed by atoms with van der Waals surface area (Å²) in [5.74, 6) is -1.15. The number of halogens is 2. The largest absolute Gasteiger partial charge is 0.282 e. The van der Waals surface area contributed by atoms with Gasteiger partial charge >= 0.3 is 0 Å². The highest BCUT2D eigenvalue weighted by Crippen LogP contribution is 2.31. The molecule has 2 aromatic carbocycles. The highest BCUT2D eigenvalue weighted by atomic mass is 32.2. The molecule has 0 saturated carbocycles. The molecule has 0 unspecified atom stereocenters. The molecule has 0 aliphatic carbocycles. The zero-order chi connectivity index (χ0) is 18.6. The van der Waals surface area contributed by atoms with Crippen molar-refractivity contribution in [2.24, 2.45) is 0 Å². The first-order valence-electron chi connectivity index (χ1n) is 7.13. The van der Waals surface area contributed by atoms with Crippen LogP contribution in [0.15, 0.2) is 71.0 Å². The van der Waals surface area contributed by atoms with Gasteiger partial charge < -0.3 is 0 Å². The average molecular weight is 376 g/mol. The molecule has 0 heterocycles. The Morgan fingerprint density at radius 2 is 1.44 bits per heavy atom. The number of rotatable bonds is 5. The van der Waals surface area contributed by atoms with Crippen molar-refractivity contribution in [3.63, 3.8) is 0 Å². The van der Waals surface area contributed by atoms with Gasteiger partial charge in [0.05, 0.1) is 9.79 Å². The molecule has 0 aromatic heterocycles. The monoisotopic (exact) mass is 376 g/mol. The fourth-order valence-electron chi connectivity index (χ4n) is 1.86. The zero-order valence-electron chi connectivity index (χ0n) is 13.3. The molecule has 0 saturated heterocycles. The molecule has 0 bridgehead atoms. The molecule has 128 valence electrons. The van der Waals surface area contributed by atoms with E-state index in [0.717, 1.165) is 29.6 Å². The number of hydrogen-bond acceptors (Lipinski definition) is 4. The summed E-state index contributed by atoms with van der Waals surface area (Å²) in [7, 11) is 0. The minimum absolute atomic E-state index is 0.174. The van der Waals surface area contributed by atoms with Crippen LogP contribution < -0.4 is 0 Å². The lowest BCUT2D eigenvalue weighted by Gasteiger charge is -2.07. The van der Waals surface area contributed by atoms with Crippen LogP contribution in [-0.4, -0.2) is 10.2 Å². The van der Waals surface area contributed by atoms with Crippen LogP contribution in [0.25, 0.3) is 11.1 Å². The number of thioether (sulfide) groups is 2. The Morgan fingerprint density at radius 1 is 0.960 bits per heavy atom. The standard InChI is InChI=1S/C19H14F2O2S2/c1-4-18(22)24-16-7-5-12(9-14(16)20)13-6-8-17(15(21)10-13)25-19(23)11(2)3/h4-10H,1-2H2,3H3. The van der Waals surface area contributed by atoms with E-state index in [4.69, 9.17) is 0 Å². The third kappa shape index (κ3) is 4.90. The number of hydrogen-bond donors (Lipinski definition) is 0. The van der Waals surface area contributed by atoms with Crippen LogP contribution in [0.2, 0.25) is 0 Å². The van der Waals surface area contributed by atoms with Crippen molar-refractivity contribution < 1.29 is 18.4 Å². The van der Waals surface area contributed by atoms with Crippen molar-refractivity contribution in [2.45, 2.75) is 16.7 Å². The van der Waals surface area contributed by atoms with E-state index in [1.165, 1.54) is 24.3 Å². The third-order valence-corrected chi connectivity index (χ3v) is 5.13. The van der Waals surface area contributed by atoms with Gasteiger partial charge in [-0.2, -0.15) is 0 Å². The first-order valence-corrected chi connectivity index (χ1v) is 8.76. The maximum atomic E-state index is 14.2. The summed E-state index contributed by atoms with van der Waals surface area (Å²) in [5, 5.41) is -0.674. The minimum Gasteiger partial charge on any atom is -0.282 e. The van der Waals surface area contributed by atoms with E-state index < -0.39 is 11.6 Å². The Bertz CT molecular complexity index is 876. The van der Waals surface area contributed by atoms with E-state index in [-0.39, 0.29) is 20.0 Å². The Morgan fingerprint density at radius 3 is 1.84 bits per heavy atom. The quantitative estimate of drug-likeness (QED) is 0.500. The lowest BCUT2D eigenvalue weighted by molar-refractivity contribution is -0.108. The van der Waals surface area contributed by atoms with Crippen molar-refractivity contribution in [2.75, 3.05) is 0 Å². The van der Waals surface area contributed by atoms with E-state index in [9.17, 15) is 18.4 Å². The Labute approximate surface area is 153 Å². The lowest BCUT2D eigenvalue weighted by Crippen LogP contribution is -1.94. The minimum atomic E-state index is -0.575. The Balaban J connectivity index is 2.27. The predicted octanol–water partition coefficient (Wildman–Crippen LogP) is 5.63. The van der Waals surface area contributed by atoms with Crippen LogP contribution in [0.1, 0.15) is 6.92 Å². The van der Waals surface area contributed by atoms with Gasteiger partial charge in [-0.3, -0.25) is 9.59 Å². The topological polar surface area (TPSA) is 34.1 Å². The molecule has 0 aliphatic rings. The van der Waals surface area contributed by atoms with E-state index in [1.807, 2.05) is 0 Å². The molecule has 0 spiro atoms. The number of carbonyl (C=O) groups is 2. The van der Waals surface area contributed by atoms with Gasteiger partial charge in [-0.15, -0.1) is 0 Å². The summed E-state index contributed by atoms with van der Waals surface area (Å²) in [5.41, 5.74) is 1.27. The fraction of sp³-hybridized carbons (Fsp3) is 0.0526. The van der Waals surface area contributed by atoms with Crippen LogP contribution >= 0.6 is 23.5 Å². The summed E-state index contributed by atoms with van der Waals surface area (Å²) in [6, 6.07) is 8.61. The molecular weight excluding hydrogens is 362 g/mol. The third-order valence-electron chi connectivity index (χ3n) is 3.13. The smallest absolute Gasteiger partial charge is 0.219 e. The molecule has 0 aliphatic heterocycles. The van der Waals surface area contributed by atoms with Crippen LogP contribution in [0, 0.1) is 11.6 Å². The number of benzene rings is 2. The molecule has 6 heteroatoms. The second-order valence-electron chi connectivity index (χ2n) is 5.09. The maximum absolute atomic E-state index is 14.2. The van der Waals surface area contributed by atoms with Crippen molar-refractivity contribution in [1.82, 2.24) is 0 Å². The molecule has 0 amide bonds. The van der Waals surface area contributed by atoms with E-state index in [1.54, 1.807) is 19.1 Å². The SMILES string of the molecule is C=CC(=O)Sc1ccc(-c2ccc(SC(=O)C(=C)C)c(F)c2)cc1F. The van der Waals surface area contributed by atoms with Gasteiger partial charge in [0, 0.05) is 0 Å². The van der Waals surface area contributed by atoms with Crippen molar-refractivity contribution in [1.29, 1.82) is 0 Å². The predicted molar refractivity (Wildman–Crippen MR) is 98.5 cm³/mol. The van der Waals surface area contributed by atoms with Crippen LogP contribution in [-0.2, 0) is 9.59 Å². The molecule has 0 radical (unpaired) electrons. The Kier molecular flexibility index (Phi) is 6.33. The second-order valence-corrected chi connectivity index (χ2v) is 7.15. The van der Waals surface area contributed by atoms with Gasteiger partial charge in [0.25, 0.3) is 0 Å². The molecule has 0 N–H and O–H groups in total. The van der Waals surface area contributed by atoms with Crippen LogP contribution in [0.3, 0.4) is 0 Å². The number of carbonyl (C=O) groups excluding carboxylic acids is 2. The van der Waals surface area contributed by atoms with Crippen molar-refractivity contribution in [3.05, 3.63) is 72.8 Å². The molecule has 2 nitrogen and oxygen atoms in total. The van der Waals surface area contributed by atoms with E-state index in [2.05, 4.69) is 13.2 Å². The summed E-state index contributed by atoms with van der Waals surface area (Å²) in [6.45, 7) is 8.42. The molecule has 2 rings (SSSR count). The van der Waals surface area contributed by atoms with Gasteiger partial charge in [-0.25, -0.2) is 8.78 Å². The normalized spacial score (nSPS) is 10.4. The van der Waals surface area contributed by atoms with E-state index >= 15 is 0 Å². The van der Waals surface area contributed by atoms with Crippen molar-refractivity contribution in [3.8, 4) is 11.1 Å². The summed E-state index contributed by atoms with van der Waals surface area (Å²) < 4.78 is 28.3. The lowest BCUT2D eigenvalue weighted by atomic mass is 10.1. The summed E-state index contributed by atoms with van der Waals surface area (Å²) in [4.78, 5) is 23.3. The first-order chi connectivity index (χ1) is 11.8. The van der Waals surface area contributed by atoms with Gasteiger partial charge in [0.15, 0.2) is 0 Å². The molecular formula is C19H14F2O2S2. The molecule has 0 fully saturated rings. The summed E-state index contributed by atoms with van der Waals surface area (Å²) >= 11 is 1.49.